The van der Waals surface area contributed by atoms with Crippen molar-refractivity contribution < 1.29 is 18.7 Å². The van der Waals surface area contributed by atoms with Crippen molar-refractivity contribution in [2.75, 3.05) is 33.4 Å². The lowest BCUT2D eigenvalue weighted by atomic mass is 9.94. The van der Waals surface area contributed by atoms with Gasteiger partial charge in [0.25, 0.3) is 0 Å². The Bertz CT molecular complexity index is 1370. The van der Waals surface area contributed by atoms with Gasteiger partial charge in [0.15, 0.2) is 0 Å². The molecule has 5 heteroatoms. The summed E-state index contributed by atoms with van der Waals surface area (Å²) in [5.74, 6) is 0.724. The van der Waals surface area contributed by atoms with Gasteiger partial charge in [-0.15, -0.1) is 0 Å². The number of rotatable bonds is 4. The molecule has 3 aromatic carbocycles. The largest absolute Gasteiger partial charge is 0.496 e. The molecule has 1 amide bonds. The number of carbonyl (C=O) groups excluding carboxylic acids is 1. The minimum Gasteiger partial charge on any atom is -0.496 e. The Morgan fingerprint density at radius 1 is 1.03 bits per heavy atom. The zero-order valence-corrected chi connectivity index (χ0v) is 19.2. The summed E-state index contributed by atoms with van der Waals surface area (Å²) < 4.78 is 17.2. The first-order chi connectivity index (χ1) is 16.1. The molecule has 168 valence electrons. The summed E-state index contributed by atoms with van der Waals surface area (Å²) in [6.07, 6.45) is 3.52. The van der Waals surface area contributed by atoms with Crippen LogP contribution < -0.4 is 4.74 Å². The van der Waals surface area contributed by atoms with Gasteiger partial charge in [0.2, 0.25) is 5.91 Å². The molecular formula is C28H27NO4. The van der Waals surface area contributed by atoms with E-state index in [-0.39, 0.29) is 5.91 Å². The summed E-state index contributed by atoms with van der Waals surface area (Å²) >= 11 is 0. The Labute approximate surface area is 193 Å². The molecule has 0 unspecified atom stereocenters. The molecule has 5 nitrogen and oxygen atoms in total. The molecule has 1 fully saturated rings. The van der Waals surface area contributed by atoms with E-state index in [0.29, 0.717) is 26.3 Å². The maximum atomic E-state index is 12.8. The van der Waals surface area contributed by atoms with Crippen molar-refractivity contribution >= 4 is 33.2 Å². The number of methoxy groups -OCH3 is 1. The Morgan fingerprint density at radius 3 is 2.58 bits per heavy atom. The maximum absolute atomic E-state index is 12.8. The molecular weight excluding hydrogens is 414 g/mol. The van der Waals surface area contributed by atoms with E-state index in [2.05, 4.69) is 42.5 Å². The summed E-state index contributed by atoms with van der Waals surface area (Å²) in [6, 6.07) is 16.7. The predicted octanol–water partition coefficient (Wildman–Crippen LogP) is 5.83. The van der Waals surface area contributed by atoms with Gasteiger partial charge < -0.3 is 18.8 Å². The second-order valence-electron chi connectivity index (χ2n) is 8.40. The fourth-order valence-corrected chi connectivity index (χ4v) is 4.68. The number of fused-ring (bicyclic) bond motifs is 2. The van der Waals surface area contributed by atoms with Crippen LogP contribution in [-0.4, -0.2) is 44.2 Å². The second kappa shape index (κ2) is 8.75. The van der Waals surface area contributed by atoms with Crippen LogP contribution in [0.3, 0.4) is 0 Å². The Kier molecular flexibility index (Phi) is 5.65. The summed E-state index contributed by atoms with van der Waals surface area (Å²) in [5, 5.41) is 3.36. The van der Waals surface area contributed by atoms with Crippen LogP contribution in [0.1, 0.15) is 18.1 Å². The molecule has 0 aliphatic carbocycles. The number of nitrogens with zero attached hydrogens (tertiary/aromatic N) is 1. The summed E-state index contributed by atoms with van der Waals surface area (Å²) in [7, 11) is 1.66. The number of aryl methyl sites for hydroxylation is 1. The first-order valence-corrected chi connectivity index (χ1v) is 11.2. The zero-order valence-electron chi connectivity index (χ0n) is 19.2. The molecule has 2 heterocycles. The lowest BCUT2D eigenvalue weighted by molar-refractivity contribution is -0.129. The lowest BCUT2D eigenvalue weighted by Gasteiger charge is -2.26. The SMILES string of the molecule is COc1c(/C(C)=C/C(=O)N2CCOCC2)cc2c(-c3cccc4ccccc34)coc2c1C. The molecule has 5 rings (SSSR count). The Morgan fingerprint density at radius 2 is 1.79 bits per heavy atom. The normalized spacial score (nSPS) is 14.8. The minimum atomic E-state index is -0.00271. The molecule has 0 spiro atoms. The van der Waals surface area contributed by atoms with Gasteiger partial charge in [-0.3, -0.25) is 4.79 Å². The highest BCUT2D eigenvalue weighted by atomic mass is 16.5. The third kappa shape index (κ3) is 3.79. The smallest absolute Gasteiger partial charge is 0.247 e. The average Bonchev–Trinajstić information content (AvgIpc) is 3.28. The molecule has 1 aromatic heterocycles. The number of carbonyl (C=O) groups is 1. The van der Waals surface area contributed by atoms with Crippen molar-refractivity contribution in [3.05, 3.63) is 72.0 Å². The molecule has 0 radical (unpaired) electrons. The topological polar surface area (TPSA) is 51.9 Å². The molecule has 0 saturated carbocycles. The Hall–Kier alpha value is -3.57. The quantitative estimate of drug-likeness (QED) is 0.374. The number of allylic oxidation sites excluding steroid dienone is 1. The first-order valence-electron chi connectivity index (χ1n) is 11.2. The second-order valence-corrected chi connectivity index (χ2v) is 8.40. The van der Waals surface area contributed by atoms with Crippen molar-refractivity contribution in [3.63, 3.8) is 0 Å². The van der Waals surface area contributed by atoms with Crippen LogP contribution in [0.25, 0.3) is 38.4 Å². The number of amides is 1. The van der Waals surface area contributed by atoms with E-state index in [1.165, 1.54) is 10.8 Å². The fourth-order valence-electron chi connectivity index (χ4n) is 4.68. The van der Waals surface area contributed by atoms with Gasteiger partial charge in [-0.05, 0) is 41.8 Å². The average molecular weight is 442 g/mol. The van der Waals surface area contributed by atoms with Gasteiger partial charge in [0.05, 0.1) is 26.6 Å². The highest BCUT2D eigenvalue weighted by molar-refractivity contribution is 6.07. The highest BCUT2D eigenvalue weighted by Crippen LogP contribution is 2.42. The van der Waals surface area contributed by atoms with Crippen molar-refractivity contribution in [2.45, 2.75) is 13.8 Å². The standard InChI is InChI=1S/C28H27NO4/c1-18(15-26(30)29-11-13-32-14-12-29)23-16-24-25(17-33-28(24)19(2)27(23)31-3)22-10-6-8-20-7-4-5-9-21(20)22/h4-10,15-17H,11-14H2,1-3H3/b18-15+. The van der Waals surface area contributed by atoms with E-state index >= 15 is 0 Å². The van der Waals surface area contributed by atoms with Gasteiger partial charge in [0, 0.05) is 41.2 Å². The number of morpholine rings is 1. The van der Waals surface area contributed by atoms with Crippen LogP contribution in [-0.2, 0) is 9.53 Å². The van der Waals surface area contributed by atoms with Crippen LogP contribution in [0.4, 0.5) is 0 Å². The summed E-state index contributed by atoms with van der Waals surface area (Å²) in [5.41, 5.74) is 5.62. The van der Waals surface area contributed by atoms with Gasteiger partial charge in [-0.1, -0.05) is 42.5 Å². The lowest BCUT2D eigenvalue weighted by Crippen LogP contribution is -2.39. The number of benzene rings is 3. The van der Waals surface area contributed by atoms with Crippen molar-refractivity contribution in [1.29, 1.82) is 0 Å². The number of hydrogen-bond acceptors (Lipinski definition) is 4. The van der Waals surface area contributed by atoms with Gasteiger partial charge in [0.1, 0.15) is 11.3 Å². The first kappa shape index (κ1) is 21.3. The van der Waals surface area contributed by atoms with Gasteiger partial charge in [-0.2, -0.15) is 0 Å². The zero-order chi connectivity index (χ0) is 22.9. The molecule has 0 bridgehead atoms. The number of ether oxygens (including phenoxy) is 2. The molecule has 1 saturated heterocycles. The van der Waals surface area contributed by atoms with Crippen LogP contribution >= 0.6 is 0 Å². The molecule has 1 aliphatic rings. The van der Waals surface area contributed by atoms with E-state index in [1.807, 2.05) is 31.1 Å². The van der Waals surface area contributed by atoms with Crippen molar-refractivity contribution in [2.24, 2.45) is 0 Å². The third-order valence-electron chi connectivity index (χ3n) is 6.42. The van der Waals surface area contributed by atoms with E-state index in [4.69, 9.17) is 13.9 Å². The maximum Gasteiger partial charge on any atom is 0.247 e. The van der Waals surface area contributed by atoms with Crippen LogP contribution in [0, 0.1) is 6.92 Å². The van der Waals surface area contributed by atoms with E-state index in [1.54, 1.807) is 13.2 Å². The molecule has 33 heavy (non-hydrogen) atoms. The van der Waals surface area contributed by atoms with Crippen LogP contribution in [0.2, 0.25) is 0 Å². The number of furan rings is 1. The van der Waals surface area contributed by atoms with Crippen LogP contribution in [0.15, 0.2) is 65.3 Å². The molecule has 4 aromatic rings. The highest BCUT2D eigenvalue weighted by Gasteiger charge is 2.21. The number of hydrogen-bond donors (Lipinski definition) is 0. The molecule has 0 atom stereocenters. The van der Waals surface area contributed by atoms with Crippen LogP contribution in [0.5, 0.6) is 5.75 Å². The fraction of sp³-hybridized carbons (Fsp3) is 0.250. The van der Waals surface area contributed by atoms with Gasteiger partial charge >= 0.3 is 0 Å². The molecule has 0 N–H and O–H groups in total. The van der Waals surface area contributed by atoms with Gasteiger partial charge in [-0.25, -0.2) is 0 Å². The van der Waals surface area contributed by atoms with E-state index < -0.39 is 0 Å². The minimum absolute atomic E-state index is 0.00271. The summed E-state index contributed by atoms with van der Waals surface area (Å²) in [4.78, 5) is 14.7. The van der Waals surface area contributed by atoms with Crippen molar-refractivity contribution in [3.8, 4) is 16.9 Å². The summed E-state index contributed by atoms with van der Waals surface area (Å²) in [6.45, 7) is 6.35. The van der Waals surface area contributed by atoms with E-state index in [0.717, 1.165) is 44.5 Å². The monoisotopic (exact) mass is 441 g/mol. The third-order valence-corrected chi connectivity index (χ3v) is 6.42. The molecule has 1 aliphatic heterocycles. The van der Waals surface area contributed by atoms with Crippen molar-refractivity contribution in [1.82, 2.24) is 4.90 Å². The van der Waals surface area contributed by atoms with E-state index in [9.17, 15) is 4.79 Å². The Balaban J connectivity index is 1.65. The predicted molar refractivity (Wildman–Crippen MR) is 131 cm³/mol.